The largest absolute Gasteiger partial charge is 0.343 e. The van der Waals surface area contributed by atoms with Gasteiger partial charge in [0.05, 0.1) is 12.1 Å². The third-order valence-corrected chi connectivity index (χ3v) is 3.79. The maximum Gasteiger partial charge on any atom is 0.249 e. The van der Waals surface area contributed by atoms with Crippen LogP contribution in [0.1, 0.15) is 18.9 Å². The molecular weight excluding hydrogens is 266 g/mol. The van der Waals surface area contributed by atoms with Crippen molar-refractivity contribution in [2.75, 3.05) is 0 Å². The fourth-order valence-electron chi connectivity index (χ4n) is 2.46. The molecule has 0 bridgehead atoms. The van der Waals surface area contributed by atoms with Crippen LogP contribution in [0.5, 0.6) is 0 Å². The summed E-state index contributed by atoms with van der Waals surface area (Å²) in [6.07, 6.45) is 0.172. The molecule has 2 amide bonds. The first-order valence-electron chi connectivity index (χ1n) is 5.99. The Morgan fingerprint density at radius 1 is 1.42 bits per heavy atom. The average Bonchev–Trinajstić information content (AvgIpc) is 2.68. The molecule has 2 heterocycles. The van der Waals surface area contributed by atoms with Crippen molar-refractivity contribution in [1.82, 2.24) is 10.2 Å². The van der Waals surface area contributed by atoms with Gasteiger partial charge in [-0.2, -0.15) is 0 Å². The van der Waals surface area contributed by atoms with Crippen LogP contribution >= 0.6 is 11.6 Å². The molecule has 19 heavy (non-hydrogen) atoms. The van der Waals surface area contributed by atoms with Gasteiger partial charge in [0.15, 0.2) is 0 Å². The Labute approximate surface area is 115 Å². The number of halogens is 1. The van der Waals surface area contributed by atoms with E-state index in [-0.39, 0.29) is 18.2 Å². The second-order valence-corrected chi connectivity index (χ2v) is 5.06. The molecule has 3 rings (SSSR count). The summed E-state index contributed by atoms with van der Waals surface area (Å²) in [5, 5.41) is 2.94. The normalized spacial score (nSPS) is 22.1. The summed E-state index contributed by atoms with van der Waals surface area (Å²) in [6, 6.07) is 5.05. The number of nitrogens with one attached hydrogen (secondary N) is 1. The van der Waals surface area contributed by atoms with Crippen LogP contribution in [-0.4, -0.2) is 28.6 Å². The van der Waals surface area contributed by atoms with E-state index >= 15 is 0 Å². The second kappa shape index (κ2) is 4.35. The van der Waals surface area contributed by atoms with Crippen LogP contribution in [0.2, 0.25) is 5.02 Å². The lowest BCUT2D eigenvalue weighted by atomic mass is 10.1. The molecule has 6 heteroatoms. The number of hydrogen-bond donors (Lipinski definition) is 1. The number of amides is 2. The molecule has 0 spiro atoms. The van der Waals surface area contributed by atoms with Crippen molar-refractivity contribution in [3.63, 3.8) is 0 Å². The Balaban J connectivity index is 1.97. The molecule has 98 valence electrons. The summed E-state index contributed by atoms with van der Waals surface area (Å²) in [4.78, 5) is 29.4. The number of fused-ring (bicyclic) bond motifs is 1. The van der Waals surface area contributed by atoms with Crippen molar-refractivity contribution in [3.05, 3.63) is 28.8 Å². The van der Waals surface area contributed by atoms with E-state index in [1.165, 1.54) is 0 Å². The van der Waals surface area contributed by atoms with E-state index in [2.05, 4.69) is 10.3 Å². The molecule has 0 aliphatic carbocycles. The van der Waals surface area contributed by atoms with Gasteiger partial charge in [0.25, 0.3) is 0 Å². The van der Waals surface area contributed by atoms with Gasteiger partial charge in [-0.25, -0.2) is 4.99 Å². The zero-order valence-corrected chi connectivity index (χ0v) is 11.1. The summed E-state index contributed by atoms with van der Waals surface area (Å²) in [5.41, 5.74) is 1.72. The molecule has 2 aliphatic rings. The van der Waals surface area contributed by atoms with Crippen molar-refractivity contribution < 1.29 is 9.59 Å². The van der Waals surface area contributed by atoms with Crippen molar-refractivity contribution in [3.8, 4) is 0 Å². The van der Waals surface area contributed by atoms with E-state index in [0.717, 1.165) is 17.1 Å². The molecule has 5 nitrogen and oxygen atoms in total. The van der Waals surface area contributed by atoms with Crippen molar-refractivity contribution in [2.45, 2.75) is 25.9 Å². The fourth-order valence-corrected chi connectivity index (χ4v) is 2.69. The molecule has 1 saturated heterocycles. The molecule has 1 N–H and O–H groups in total. The first-order chi connectivity index (χ1) is 9.06. The number of hydrogen-bond acceptors (Lipinski definition) is 4. The Kier molecular flexibility index (Phi) is 2.78. The standard InChI is InChI=1S/C13H12ClN3O2/c1-7-15-10-4-2-3-9(14)8(10)6-17(7)11-5-12(18)16-13(11)19/h2-4,11H,5-6H2,1H3,(H,16,18,19). The van der Waals surface area contributed by atoms with Gasteiger partial charge in [0, 0.05) is 17.1 Å². The fraction of sp³-hybridized carbons (Fsp3) is 0.308. The smallest absolute Gasteiger partial charge is 0.249 e. The Hall–Kier alpha value is -1.88. The van der Waals surface area contributed by atoms with Gasteiger partial charge in [-0.1, -0.05) is 17.7 Å². The lowest BCUT2D eigenvalue weighted by molar-refractivity contribution is -0.125. The van der Waals surface area contributed by atoms with E-state index in [4.69, 9.17) is 11.6 Å². The highest BCUT2D eigenvalue weighted by atomic mass is 35.5. The van der Waals surface area contributed by atoms with Crippen LogP contribution in [-0.2, 0) is 16.1 Å². The third-order valence-electron chi connectivity index (χ3n) is 3.44. The predicted octanol–water partition coefficient (Wildman–Crippen LogP) is 1.62. The molecule has 2 aliphatic heterocycles. The van der Waals surface area contributed by atoms with Gasteiger partial charge < -0.3 is 4.90 Å². The minimum absolute atomic E-state index is 0.172. The summed E-state index contributed by atoms with van der Waals surface area (Å²) >= 11 is 6.16. The summed E-state index contributed by atoms with van der Waals surface area (Å²) in [5.74, 6) is 0.215. The Bertz CT molecular complexity index is 612. The van der Waals surface area contributed by atoms with E-state index in [0.29, 0.717) is 11.6 Å². The first kappa shape index (κ1) is 12.2. The Morgan fingerprint density at radius 3 is 2.89 bits per heavy atom. The zero-order valence-electron chi connectivity index (χ0n) is 10.3. The van der Waals surface area contributed by atoms with Crippen LogP contribution in [0.3, 0.4) is 0 Å². The molecule has 1 aromatic rings. The van der Waals surface area contributed by atoms with E-state index < -0.39 is 6.04 Å². The van der Waals surface area contributed by atoms with E-state index in [9.17, 15) is 9.59 Å². The first-order valence-corrected chi connectivity index (χ1v) is 6.37. The molecule has 0 radical (unpaired) electrons. The highest BCUT2D eigenvalue weighted by Gasteiger charge is 2.37. The van der Waals surface area contributed by atoms with Crippen molar-refractivity contribution in [1.29, 1.82) is 0 Å². The van der Waals surface area contributed by atoms with Gasteiger partial charge >= 0.3 is 0 Å². The number of benzene rings is 1. The van der Waals surface area contributed by atoms with Crippen LogP contribution < -0.4 is 5.32 Å². The van der Waals surface area contributed by atoms with Crippen LogP contribution in [0, 0.1) is 0 Å². The minimum Gasteiger partial charge on any atom is -0.343 e. The lowest BCUT2D eigenvalue weighted by Gasteiger charge is -2.32. The molecular formula is C13H12ClN3O2. The van der Waals surface area contributed by atoms with Crippen LogP contribution in [0.15, 0.2) is 23.2 Å². The molecule has 0 aromatic heterocycles. The lowest BCUT2D eigenvalue weighted by Crippen LogP contribution is -2.44. The van der Waals surface area contributed by atoms with Gasteiger partial charge in [0.1, 0.15) is 11.9 Å². The number of imide groups is 1. The van der Waals surface area contributed by atoms with Crippen molar-refractivity contribution >= 4 is 34.9 Å². The molecule has 1 aromatic carbocycles. The van der Waals surface area contributed by atoms with Gasteiger partial charge in [0.2, 0.25) is 11.8 Å². The highest BCUT2D eigenvalue weighted by Crippen LogP contribution is 2.33. The van der Waals surface area contributed by atoms with Crippen LogP contribution in [0.25, 0.3) is 0 Å². The molecule has 1 fully saturated rings. The maximum absolute atomic E-state index is 11.8. The zero-order chi connectivity index (χ0) is 13.6. The van der Waals surface area contributed by atoms with Gasteiger partial charge in [-0.3, -0.25) is 14.9 Å². The number of carbonyl (C=O) groups is 2. The summed E-state index contributed by atoms with van der Waals surface area (Å²) in [6.45, 7) is 2.33. The molecule has 1 atom stereocenters. The van der Waals surface area contributed by atoms with Gasteiger partial charge in [-0.05, 0) is 19.1 Å². The van der Waals surface area contributed by atoms with Crippen molar-refractivity contribution in [2.24, 2.45) is 4.99 Å². The van der Waals surface area contributed by atoms with E-state index in [1.807, 2.05) is 24.0 Å². The number of aliphatic imine (C=N–C) groups is 1. The molecule has 0 saturated carbocycles. The summed E-state index contributed by atoms with van der Waals surface area (Å²) in [7, 11) is 0. The highest BCUT2D eigenvalue weighted by molar-refractivity contribution is 6.31. The topological polar surface area (TPSA) is 61.8 Å². The number of rotatable bonds is 1. The van der Waals surface area contributed by atoms with E-state index in [1.54, 1.807) is 6.07 Å². The molecule has 1 unspecified atom stereocenters. The second-order valence-electron chi connectivity index (χ2n) is 4.66. The summed E-state index contributed by atoms with van der Waals surface area (Å²) < 4.78 is 0. The maximum atomic E-state index is 11.8. The monoisotopic (exact) mass is 277 g/mol. The van der Waals surface area contributed by atoms with Gasteiger partial charge in [-0.15, -0.1) is 0 Å². The third kappa shape index (κ3) is 2.00. The number of amidine groups is 1. The predicted molar refractivity (Wildman–Crippen MR) is 71.3 cm³/mol. The number of nitrogens with zero attached hydrogens (tertiary/aromatic N) is 2. The number of carbonyl (C=O) groups excluding carboxylic acids is 2. The minimum atomic E-state index is -0.485. The quantitative estimate of drug-likeness (QED) is 0.794. The van der Waals surface area contributed by atoms with Crippen LogP contribution in [0.4, 0.5) is 5.69 Å². The SMILES string of the molecule is CC1=Nc2cccc(Cl)c2CN1C1CC(=O)NC1=O. The average molecular weight is 278 g/mol. The Morgan fingerprint density at radius 2 is 2.21 bits per heavy atom.